The molecule has 0 spiro atoms. The SMILES string of the molecule is CC=C/C=C(\C)OCc1c(Cl)cccc1-n1nn[nH]c1=O. The molecule has 0 aliphatic carbocycles. The maximum atomic E-state index is 11.6. The van der Waals surface area contributed by atoms with Crippen LogP contribution in [0.2, 0.25) is 5.02 Å². The third kappa shape index (κ3) is 3.61. The number of allylic oxidation sites excluding steroid dienone is 4. The Morgan fingerprint density at radius 2 is 2.33 bits per heavy atom. The van der Waals surface area contributed by atoms with Gasteiger partial charge in [0.25, 0.3) is 0 Å². The Morgan fingerprint density at radius 3 is 3.00 bits per heavy atom. The summed E-state index contributed by atoms with van der Waals surface area (Å²) >= 11 is 6.20. The van der Waals surface area contributed by atoms with Crippen LogP contribution in [0, 0.1) is 0 Å². The normalized spacial score (nSPS) is 12.0. The van der Waals surface area contributed by atoms with Crippen LogP contribution in [0.1, 0.15) is 19.4 Å². The highest BCUT2D eigenvalue weighted by Crippen LogP contribution is 2.23. The van der Waals surface area contributed by atoms with Crippen molar-refractivity contribution in [2.75, 3.05) is 0 Å². The van der Waals surface area contributed by atoms with Crippen molar-refractivity contribution in [3.63, 3.8) is 0 Å². The van der Waals surface area contributed by atoms with Gasteiger partial charge >= 0.3 is 5.69 Å². The molecule has 0 atom stereocenters. The smallest absolute Gasteiger partial charge is 0.365 e. The Morgan fingerprint density at radius 1 is 1.52 bits per heavy atom. The number of nitrogens with zero attached hydrogens (tertiary/aromatic N) is 3. The fourth-order valence-corrected chi connectivity index (χ4v) is 1.93. The second-order valence-electron chi connectivity index (χ2n) is 4.25. The number of aromatic nitrogens is 4. The summed E-state index contributed by atoms with van der Waals surface area (Å²) in [7, 11) is 0. The number of halogens is 1. The molecule has 21 heavy (non-hydrogen) atoms. The van der Waals surface area contributed by atoms with Gasteiger partial charge in [0.2, 0.25) is 0 Å². The minimum Gasteiger partial charge on any atom is -0.493 e. The van der Waals surface area contributed by atoms with Crippen LogP contribution in [0.15, 0.2) is 47.0 Å². The zero-order chi connectivity index (χ0) is 15.2. The van der Waals surface area contributed by atoms with Crippen LogP contribution in [0.5, 0.6) is 0 Å². The summed E-state index contributed by atoms with van der Waals surface area (Å²) in [4.78, 5) is 11.6. The second kappa shape index (κ2) is 6.90. The van der Waals surface area contributed by atoms with Crippen molar-refractivity contribution in [2.45, 2.75) is 20.5 Å². The molecule has 0 saturated heterocycles. The molecule has 0 saturated carbocycles. The van der Waals surface area contributed by atoms with Crippen LogP contribution in [-0.4, -0.2) is 20.2 Å². The van der Waals surface area contributed by atoms with Crippen LogP contribution in [0.4, 0.5) is 0 Å². The van der Waals surface area contributed by atoms with E-state index in [9.17, 15) is 4.79 Å². The first-order valence-corrected chi connectivity index (χ1v) is 6.71. The number of ether oxygens (including phenoxy) is 1. The lowest BCUT2D eigenvalue weighted by molar-refractivity contribution is 0.200. The van der Waals surface area contributed by atoms with Gasteiger partial charge in [-0.1, -0.05) is 29.8 Å². The number of hydrogen-bond donors (Lipinski definition) is 1. The first kappa shape index (κ1) is 15.1. The van der Waals surface area contributed by atoms with Gasteiger partial charge in [0.15, 0.2) is 0 Å². The average molecular weight is 307 g/mol. The lowest BCUT2D eigenvalue weighted by Crippen LogP contribution is -2.18. The third-order valence-electron chi connectivity index (χ3n) is 2.76. The van der Waals surface area contributed by atoms with E-state index in [1.54, 1.807) is 18.2 Å². The van der Waals surface area contributed by atoms with Crippen molar-refractivity contribution in [2.24, 2.45) is 0 Å². The van der Waals surface area contributed by atoms with Crippen molar-refractivity contribution in [1.82, 2.24) is 20.2 Å². The van der Waals surface area contributed by atoms with Gasteiger partial charge in [-0.15, -0.1) is 0 Å². The van der Waals surface area contributed by atoms with E-state index in [-0.39, 0.29) is 6.61 Å². The quantitative estimate of drug-likeness (QED) is 0.681. The fraction of sp³-hybridized carbons (Fsp3) is 0.214. The van der Waals surface area contributed by atoms with Crippen molar-refractivity contribution >= 4 is 11.6 Å². The molecule has 2 rings (SSSR count). The van der Waals surface area contributed by atoms with Gasteiger partial charge in [-0.05, 0) is 42.5 Å². The fourth-order valence-electron chi connectivity index (χ4n) is 1.71. The molecule has 1 N–H and O–H groups in total. The Hall–Kier alpha value is -2.34. The second-order valence-corrected chi connectivity index (χ2v) is 4.65. The van der Waals surface area contributed by atoms with Crippen molar-refractivity contribution in [3.8, 4) is 5.69 Å². The highest BCUT2D eigenvalue weighted by molar-refractivity contribution is 6.31. The number of tetrazole rings is 1. The van der Waals surface area contributed by atoms with Crippen LogP contribution in [-0.2, 0) is 11.3 Å². The van der Waals surface area contributed by atoms with Gasteiger partial charge in [0, 0.05) is 10.6 Å². The first-order valence-electron chi connectivity index (χ1n) is 6.34. The van der Waals surface area contributed by atoms with Gasteiger partial charge in [0.1, 0.15) is 6.61 Å². The Bertz CT molecular complexity index is 731. The molecule has 0 fully saturated rings. The van der Waals surface area contributed by atoms with Gasteiger partial charge in [-0.25, -0.2) is 9.89 Å². The van der Waals surface area contributed by atoms with Crippen LogP contribution in [0.3, 0.4) is 0 Å². The number of rotatable bonds is 5. The largest absolute Gasteiger partial charge is 0.493 e. The van der Waals surface area contributed by atoms with Crippen molar-refractivity contribution < 1.29 is 4.74 Å². The average Bonchev–Trinajstić information content (AvgIpc) is 2.89. The van der Waals surface area contributed by atoms with Crippen LogP contribution in [0.25, 0.3) is 5.69 Å². The standard InChI is InChI=1S/C14H15ClN4O2/c1-3-4-6-10(2)21-9-11-12(15)7-5-8-13(11)19-14(20)16-17-18-19/h3-8H,9H2,1-2H3,(H,16,18,20)/b4-3?,10-6+. The maximum absolute atomic E-state index is 11.6. The van der Waals surface area contributed by atoms with Crippen LogP contribution < -0.4 is 5.69 Å². The summed E-state index contributed by atoms with van der Waals surface area (Å²) in [5, 5.41) is 9.95. The molecule has 0 amide bonds. The molecular weight excluding hydrogens is 292 g/mol. The zero-order valence-electron chi connectivity index (χ0n) is 11.7. The van der Waals surface area contributed by atoms with Crippen molar-refractivity contribution in [3.05, 3.63) is 63.3 Å². The monoisotopic (exact) mass is 306 g/mol. The van der Waals surface area contributed by atoms with E-state index in [1.165, 1.54) is 0 Å². The summed E-state index contributed by atoms with van der Waals surface area (Å²) in [6, 6.07) is 5.21. The molecule has 1 aromatic heterocycles. The molecule has 0 unspecified atom stereocenters. The van der Waals surface area contributed by atoms with E-state index in [2.05, 4.69) is 15.5 Å². The minimum atomic E-state index is -0.431. The van der Waals surface area contributed by atoms with E-state index in [0.29, 0.717) is 16.3 Å². The predicted octanol–water partition coefficient (Wildman–Crippen LogP) is 2.61. The summed E-state index contributed by atoms with van der Waals surface area (Å²) in [6.45, 7) is 4.00. The number of nitrogens with one attached hydrogen (secondary N) is 1. The van der Waals surface area contributed by atoms with Gasteiger partial charge in [-0.3, -0.25) is 0 Å². The number of benzene rings is 1. The summed E-state index contributed by atoms with van der Waals surface area (Å²) in [5.41, 5.74) is 0.781. The zero-order valence-corrected chi connectivity index (χ0v) is 12.5. The first-order chi connectivity index (χ1) is 10.1. The number of hydrogen-bond acceptors (Lipinski definition) is 4. The molecule has 1 aromatic carbocycles. The molecule has 0 aliphatic heterocycles. The van der Waals surface area contributed by atoms with E-state index in [0.717, 1.165) is 10.4 Å². The van der Waals surface area contributed by atoms with Gasteiger partial charge in [-0.2, -0.15) is 4.68 Å². The molecule has 1 heterocycles. The summed E-state index contributed by atoms with van der Waals surface area (Å²) < 4.78 is 6.79. The minimum absolute atomic E-state index is 0.230. The molecule has 2 aromatic rings. The molecule has 0 bridgehead atoms. The van der Waals surface area contributed by atoms with Crippen molar-refractivity contribution in [1.29, 1.82) is 0 Å². The lowest BCUT2D eigenvalue weighted by atomic mass is 10.2. The van der Waals surface area contributed by atoms with E-state index in [1.807, 2.05) is 32.1 Å². The molecule has 0 radical (unpaired) electrons. The highest BCUT2D eigenvalue weighted by Gasteiger charge is 2.12. The summed E-state index contributed by atoms with van der Waals surface area (Å²) in [5.74, 6) is 0.742. The molecule has 110 valence electrons. The highest BCUT2D eigenvalue weighted by atomic mass is 35.5. The molecule has 6 nitrogen and oxygen atoms in total. The Balaban J connectivity index is 2.31. The topological polar surface area (TPSA) is 72.8 Å². The maximum Gasteiger partial charge on any atom is 0.365 e. The molecule has 7 heteroatoms. The van der Waals surface area contributed by atoms with E-state index < -0.39 is 5.69 Å². The number of aromatic amines is 1. The van der Waals surface area contributed by atoms with Gasteiger partial charge < -0.3 is 4.74 Å². The van der Waals surface area contributed by atoms with E-state index in [4.69, 9.17) is 16.3 Å². The Labute approximate surface area is 126 Å². The third-order valence-corrected chi connectivity index (χ3v) is 3.12. The summed E-state index contributed by atoms with van der Waals surface area (Å²) in [6.07, 6.45) is 5.63. The van der Waals surface area contributed by atoms with E-state index >= 15 is 0 Å². The van der Waals surface area contributed by atoms with Crippen LogP contribution >= 0.6 is 11.6 Å². The molecule has 0 aliphatic rings. The number of H-pyrrole nitrogens is 1. The Kier molecular flexibility index (Phi) is 4.94. The van der Waals surface area contributed by atoms with Gasteiger partial charge in [0.05, 0.1) is 11.4 Å². The lowest BCUT2D eigenvalue weighted by Gasteiger charge is -2.11. The predicted molar refractivity (Wildman–Crippen MR) is 80.3 cm³/mol. The molecular formula is C14H15ClN4O2.